The summed E-state index contributed by atoms with van der Waals surface area (Å²) in [4.78, 5) is 11.8. The molecule has 24 heavy (non-hydrogen) atoms. The maximum atomic E-state index is 11.8. The van der Waals surface area contributed by atoms with Gasteiger partial charge in [-0.15, -0.1) is 0 Å². The number of allylic oxidation sites excluding steroid dienone is 3. The van der Waals surface area contributed by atoms with Crippen LogP contribution in [0.25, 0.3) is 0 Å². The molecular formula is C19H28N4O. The molecule has 0 aromatic heterocycles. The number of amides is 1. The molecular weight excluding hydrogens is 300 g/mol. The first-order valence-corrected chi connectivity index (χ1v) is 8.24. The summed E-state index contributed by atoms with van der Waals surface area (Å²) in [7, 11) is 0. The number of nitrogens with two attached hydrogens (primary N) is 2. The lowest BCUT2D eigenvalue weighted by molar-refractivity contribution is -0.119. The Balaban J connectivity index is 0.00000254. The van der Waals surface area contributed by atoms with Crippen LogP contribution >= 0.6 is 0 Å². The molecule has 0 aliphatic heterocycles. The van der Waals surface area contributed by atoms with Crippen molar-refractivity contribution in [1.82, 2.24) is 5.32 Å². The van der Waals surface area contributed by atoms with Gasteiger partial charge in [-0.05, 0) is 37.0 Å². The maximum absolute atomic E-state index is 11.8. The Morgan fingerprint density at radius 2 is 1.83 bits per heavy atom. The number of benzene rings is 1. The highest BCUT2D eigenvalue weighted by molar-refractivity contribution is 5.80. The molecule has 5 nitrogen and oxygen atoms in total. The third-order valence-corrected chi connectivity index (χ3v) is 2.97. The van der Waals surface area contributed by atoms with Gasteiger partial charge in [0.05, 0.1) is 12.5 Å². The van der Waals surface area contributed by atoms with E-state index in [1.807, 2.05) is 44.2 Å². The maximum Gasteiger partial charge on any atom is 0.229 e. The minimum atomic E-state index is -0.166. The van der Waals surface area contributed by atoms with E-state index < -0.39 is 0 Å². The lowest BCUT2D eigenvalue weighted by atomic mass is 10.1. The van der Waals surface area contributed by atoms with Crippen LogP contribution in [-0.2, 0) is 11.2 Å². The van der Waals surface area contributed by atoms with E-state index in [2.05, 4.69) is 11.4 Å². The van der Waals surface area contributed by atoms with Gasteiger partial charge in [0.15, 0.2) is 0 Å². The standard InChI is InChI=1S/C17H22N4O.C2H6/c18-12-6-2-5-9-15(19)10-11-16(20)21-17(22)13-14-7-3-1-4-8-14;1-2/h1,3-4,7-8,10-11H,2,5-6,9,13,19-20H2,(H,21,22);1-2H3/b15-10-,16-11+;. The second-order valence-corrected chi connectivity index (χ2v) is 4.94. The number of carbonyl (C=O) groups excluding carboxylic acids is 1. The summed E-state index contributed by atoms with van der Waals surface area (Å²) < 4.78 is 0. The molecule has 1 amide bonds. The summed E-state index contributed by atoms with van der Waals surface area (Å²) in [5.41, 5.74) is 13.2. The normalized spacial score (nSPS) is 11.0. The number of nitrogens with one attached hydrogen (secondary N) is 1. The third kappa shape index (κ3) is 10.9. The van der Waals surface area contributed by atoms with Crippen LogP contribution in [0.4, 0.5) is 0 Å². The molecule has 0 unspecified atom stereocenters. The number of rotatable bonds is 8. The lowest BCUT2D eigenvalue weighted by Crippen LogP contribution is -2.28. The van der Waals surface area contributed by atoms with Gasteiger partial charge in [-0.2, -0.15) is 5.26 Å². The smallest absolute Gasteiger partial charge is 0.229 e. The molecule has 0 bridgehead atoms. The summed E-state index contributed by atoms with van der Waals surface area (Å²) in [6.07, 6.45) is 6.50. The number of hydrogen-bond donors (Lipinski definition) is 3. The van der Waals surface area contributed by atoms with E-state index >= 15 is 0 Å². The first-order valence-electron chi connectivity index (χ1n) is 8.24. The number of nitriles is 1. The van der Waals surface area contributed by atoms with E-state index in [1.165, 1.54) is 0 Å². The van der Waals surface area contributed by atoms with Gasteiger partial charge >= 0.3 is 0 Å². The predicted octanol–water partition coefficient (Wildman–Crippen LogP) is 3.10. The van der Waals surface area contributed by atoms with Gasteiger partial charge in [-0.3, -0.25) is 4.79 Å². The lowest BCUT2D eigenvalue weighted by Gasteiger charge is -2.05. The molecule has 0 aliphatic carbocycles. The van der Waals surface area contributed by atoms with Crippen molar-refractivity contribution in [3.8, 4) is 6.07 Å². The van der Waals surface area contributed by atoms with Crippen LogP contribution in [0.3, 0.4) is 0 Å². The van der Waals surface area contributed by atoms with Gasteiger partial charge in [-0.25, -0.2) is 0 Å². The molecule has 0 atom stereocenters. The molecule has 0 radical (unpaired) electrons. The van der Waals surface area contributed by atoms with E-state index in [4.69, 9.17) is 16.7 Å². The number of nitrogens with zero attached hydrogens (tertiary/aromatic N) is 1. The van der Waals surface area contributed by atoms with Gasteiger partial charge in [0.1, 0.15) is 5.82 Å². The summed E-state index contributed by atoms with van der Waals surface area (Å²) in [6.45, 7) is 4.00. The number of unbranched alkanes of at least 4 members (excludes halogenated alkanes) is 2. The van der Waals surface area contributed by atoms with Gasteiger partial charge in [0.2, 0.25) is 5.91 Å². The van der Waals surface area contributed by atoms with E-state index in [1.54, 1.807) is 12.2 Å². The van der Waals surface area contributed by atoms with Crippen LogP contribution in [0, 0.1) is 11.3 Å². The Hall–Kier alpha value is -2.74. The van der Waals surface area contributed by atoms with Crippen molar-refractivity contribution >= 4 is 5.91 Å². The molecule has 130 valence electrons. The summed E-state index contributed by atoms with van der Waals surface area (Å²) in [5, 5.41) is 11.1. The van der Waals surface area contributed by atoms with E-state index in [9.17, 15) is 4.79 Å². The van der Waals surface area contributed by atoms with Crippen molar-refractivity contribution < 1.29 is 4.79 Å². The van der Waals surface area contributed by atoms with E-state index in [0.717, 1.165) is 18.4 Å². The molecule has 5 N–H and O–H groups in total. The first-order chi connectivity index (χ1) is 11.6. The highest BCUT2D eigenvalue weighted by atomic mass is 16.1. The van der Waals surface area contributed by atoms with Crippen molar-refractivity contribution in [3.63, 3.8) is 0 Å². The summed E-state index contributed by atoms with van der Waals surface area (Å²) in [6, 6.07) is 11.5. The Kier molecular flexibility index (Phi) is 12.3. The van der Waals surface area contributed by atoms with Crippen molar-refractivity contribution in [2.24, 2.45) is 11.5 Å². The quantitative estimate of drug-likeness (QED) is 0.503. The van der Waals surface area contributed by atoms with Crippen LogP contribution in [-0.4, -0.2) is 5.91 Å². The molecule has 1 rings (SSSR count). The second kappa shape index (κ2) is 13.9. The molecule has 0 aliphatic rings. The minimum absolute atomic E-state index is 0.166. The van der Waals surface area contributed by atoms with Crippen LogP contribution in [0.15, 0.2) is 54.0 Å². The van der Waals surface area contributed by atoms with Crippen LogP contribution in [0.1, 0.15) is 45.1 Å². The van der Waals surface area contributed by atoms with Gasteiger partial charge in [0.25, 0.3) is 0 Å². The first kappa shape index (κ1) is 21.3. The van der Waals surface area contributed by atoms with Crippen molar-refractivity contribution in [2.75, 3.05) is 0 Å². The van der Waals surface area contributed by atoms with Gasteiger partial charge in [-0.1, -0.05) is 44.2 Å². The molecule has 0 heterocycles. The zero-order valence-electron chi connectivity index (χ0n) is 14.6. The molecule has 0 saturated heterocycles. The Labute approximate surface area is 145 Å². The summed E-state index contributed by atoms with van der Waals surface area (Å²) in [5.74, 6) is 0.0989. The van der Waals surface area contributed by atoms with Gasteiger partial charge < -0.3 is 16.8 Å². The predicted molar refractivity (Wildman–Crippen MR) is 98.3 cm³/mol. The highest BCUT2D eigenvalue weighted by Crippen LogP contribution is 2.04. The van der Waals surface area contributed by atoms with Crippen LogP contribution in [0.2, 0.25) is 0 Å². The fourth-order valence-corrected chi connectivity index (χ4v) is 1.84. The second-order valence-electron chi connectivity index (χ2n) is 4.94. The molecule has 5 heteroatoms. The molecule has 0 fully saturated rings. The third-order valence-electron chi connectivity index (χ3n) is 2.97. The fourth-order valence-electron chi connectivity index (χ4n) is 1.84. The fraction of sp³-hybridized carbons (Fsp3) is 0.368. The molecule has 1 aromatic carbocycles. The molecule has 1 aromatic rings. The monoisotopic (exact) mass is 328 g/mol. The number of carbonyl (C=O) groups is 1. The minimum Gasteiger partial charge on any atom is -0.402 e. The SMILES string of the molecule is CC.N#CCCCC/C(N)=C/C=C(\N)NC(=O)Cc1ccccc1. The van der Waals surface area contributed by atoms with Crippen LogP contribution in [0.5, 0.6) is 0 Å². The number of hydrogen-bond acceptors (Lipinski definition) is 4. The Morgan fingerprint density at radius 3 is 2.46 bits per heavy atom. The Morgan fingerprint density at radius 1 is 1.17 bits per heavy atom. The van der Waals surface area contributed by atoms with Crippen LogP contribution < -0.4 is 16.8 Å². The molecule has 0 spiro atoms. The topological polar surface area (TPSA) is 105 Å². The average Bonchev–Trinajstić information content (AvgIpc) is 2.59. The zero-order chi connectivity index (χ0) is 18.2. The van der Waals surface area contributed by atoms with Crippen molar-refractivity contribution in [3.05, 3.63) is 59.6 Å². The Bertz CT molecular complexity index is 571. The highest BCUT2D eigenvalue weighted by Gasteiger charge is 2.03. The zero-order valence-corrected chi connectivity index (χ0v) is 14.6. The van der Waals surface area contributed by atoms with Crippen molar-refractivity contribution in [1.29, 1.82) is 5.26 Å². The average molecular weight is 328 g/mol. The van der Waals surface area contributed by atoms with Crippen molar-refractivity contribution in [2.45, 2.75) is 46.0 Å². The molecule has 0 saturated carbocycles. The van der Waals surface area contributed by atoms with E-state index in [0.29, 0.717) is 18.5 Å². The van der Waals surface area contributed by atoms with E-state index in [-0.39, 0.29) is 18.1 Å². The largest absolute Gasteiger partial charge is 0.402 e. The summed E-state index contributed by atoms with van der Waals surface area (Å²) >= 11 is 0. The van der Waals surface area contributed by atoms with Gasteiger partial charge in [0, 0.05) is 12.1 Å².